The lowest BCUT2D eigenvalue weighted by Crippen LogP contribution is -2.13. The molecule has 0 spiro atoms. The molecule has 0 heterocycles. The number of esters is 1. The van der Waals surface area contributed by atoms with Crippen LogP contribution in [-0.4, -0.2) is 17.7 Å². The van der Waals surface area contributed by atoms with E-state index in [2.05, 4.69) is 0 Å². The molecule has 0 saturated carbocycles. The van der Waals surface area contributed by atoms with Gasteiger partial charge in [-0.2, -0.15) is 0 Å². The van der Waals surface area contributed by atoms with Crippen LogP contribution in [-0.2, 0) is 26.1 Å². The van der Waals surface area contributed by atoms with Crippen molar-refractivity contribution in [1.82, 2.24) is 0 Å². The third kappa shape index (κ3) is 5.14. The summed E-state index contributed by atoms with van der Waals surface area (Å²) in [6, 6.07) is 3.66. The zero-order chi connectivity index (χ0) is 16.0. The number of hydrogen-bond acceptors (Lipinski definition) is 4. The standard InChI is InChI=1S/C17H24O4/c1-6-20-7-8-21-15(18)11-13-9-12(2)16(19)14(10-13)17(3,4)5/h7-10,19H,6,11H2,1-5H3/b8-7+. The van der Waals surface area contributed by atoms with Gasteiger partial charge in [0.25, 0.3) is 0 Å². The summed E-state index contributed by atoms with van der Waals surface area (Å²) in [6.45, 7) is 10.3. The Morgan fingerprint density at radius 3 is 2.52 bits per heavy atom. The molecule has 0 bridgehead atoms. The van der Waals surface area contributed by atoms with Gasteiger partial charge in [-0.25, -0.2) is 0 Å². The van der Waals surface area contributed by atoms with Gasteiger partial charge in [-0.05, 0) is 36.0 Å². The highest BCUT2D eigenvalue weighted by atomic mass is 16.5. The van der Waals surface area contributed by atoms with Crippen LogP contribution in [0.2, 0.25) is 0 Å². The first-order valence-corrected chi connectivity index (χ1v) is 7.04. The summed E-state index contributed by atoms with van der Waals surface area (Å²) in [5, 5.41) is 10.1. The molecule has 4 heteroatoms. The quantitative estimate of drug-likeness (QED) is 0.665. The predicted octanol–water partition coefficient (Wildman–Crippen LogP) is 3.59. The zero-order valence-corrected chi connectivity index (χ0v) is 13.4. The topological polar surface area (TPSA) is 55.8 Å². The summed E-state index contributed by atoms with van der Waals surface area (Å²) in [6.07, 6.45) is 2.74. The summed E-state index contributed by atoms with van der Waals surface area (Å²) < 4.78 is 9.88. The van der Waals surface area contributed by atoms with E-state index in [1.807, 2.05) is 40.7 Å². The molecule has 0 atom stereocenters. The van der Waals surface area contributed by atoms with Crippen LogP contribution >= 0.6 is 0 Å². The fourth-order valence-electron chi connectivity index (χ4n) is 1.98. The first-order valence-electron chi connectivity index (χ1n) is 7.04. The maximum atomic E-state index is 11.7. The van der Waals surface area contributed by atoms with Crippen molar-refractivity contribution in [1.29, 1.82) is 0 Å². The highest BCUT2D eigenvalue weighted by molar-refractivity contribution is 5.73. The van der Waals surface area contributed by atoms with Gasteiger partial charge in [0.05, 0.1) is 13.0 Å². The van der Waals surface area contributed by atoms with Crippen molar-refractivity contribution >= 4 is 5.97 Å². The van der Waals surface area contributed by atoms with E-state index in [0.717, 1.165) is 16.7 Å². The molecule has 1 rings (SSSR count). The second-order valence-electron chi connectivity index (χ2n) is 5.95. The number of phenols is 1. The van der Waals surface area contributed by atoms with Gasteiger partial charge in [0.15, 0.2) is 0 Å². The molecule has 0 unspecified atom stereocenters. The Bertz CT molecular complexity index is 524. The van der Waals surface area contributed by atoms with E-state index < -0.39 is 0 Å². The third-order valence-corrected chi connectivity index (χ3v) is 3.03. The molecule has 1 aromatic carbocycles. The average Bonchev–Trinajstić information content (AvgIpc) is 2.37. The Balaban J connectivity index is 2.85. The van der Waals surface area contributed by atoms with Gasteiger partial charge in [-0.15, -0.1) is 0 Å². The first-order chi connectivity index (χ1) is 9.75. The Morgan fingerprint density at radius 2 is 1.95 bits per heavy atom. The van der Waals surface area contributed by atoms with Gasteiger partial charge in [0, 0.05) is 0 Å². The first kappa shape index (κ1) is 17.1. The van der Waals surface area contributed by atoms with Gasteiger partial charge in [0.2, 0.25) is 0 Å². The fourth-order valence-corrected chi connectivity index (χ4v) is 1.98. The van der Waals surface area contributed by atoms with Crippen LogP contribution in [0.25, 0.3) is 0 Å². The van der Waals surface area contributed by atoms with E-state index in [-0.39, 0.29) is 23.6 Å². The number of carbonyl (C=O) groups is 1. The number of aryl methyl sites for hydroxylation is 1. The predicted molar refractivity (Wildman–Crippen MR) is 82.1 cm³/mol. The van der Waals surface area contributed by atoms with Gasteiger partial charge < -0.3 is 14.6 Å². The summed E-state index contributed by atoms with van der Waals surface area (Å²) in [5.74, 6) is -0.0771. The van der Waals surface area contributed by atoms with Crippen molar-refractivity contribution in [3.63, 3.8) is 0 Å². The maximum Gasteiger partial charge on any atom is 0.315 e. The molecule has 0 fully saturated rings. The minimum absolute atomic E-state index is 0.153. The van der Waals surface area contributed by atoms with Crippen molar-refractivity contribution < 1.29 is 19.4 Å². The molecule has 0 aliphatic heterocycles. The Kier molecular flexibility index (Phi) is 5.82. The number of rotatable bonds is 5. The van der Waals surface area contributed by atoms with Gasteiger partial charge in [0.1, 0.15) is 18.3 Å². The zero-order valence-electron chi connectivity index (χ0n) is 13.4. The highest BCUT2D eigenvalue weighted by Crippen LogP contribution is 2.34. The molecule has 4 nitrogen and oxygen atoms in total. The summed E-state index contributed by atoms with van der Waals surface area (Å²) in [4.78, 5) is 11.7. The normalized spacial score (nSPS) is 11.7. The molecule has 0 radical (unpaired) electrons. The number of aromatic hydroxyl groups is 1. The smallest absolute Gasteiger partial charge is 0.315 e. The third-order valence-electron chi connectivity index (χ3n) is 3.03. The van der Waals surface area contributed by atoms with Crippen molar-refractivity contribution in [2.24, 2.45) is 0 Å². The van der Waals surface area contributed by atoms with Crippen molar-refractivity contribution in [2.45, 2.75) is 46.5 Å². The SMILES string of the molecule is CCO/C=C/OC(=O)Cc1cc(C)c(O)c(C(C)(C)C)c1. The molecular formula is C17H24O4. The lowest BCUT2D eigenvalue weighted by Gasteiger charge is -2.22. The Hall–Kier alpha value is -1.97. The van der Waals surface area contributed by atoms with E-state index in [4.69, 9.17) is 9.47 Å². The number of ether oxygens (including phenoxy) is 2. The molecule has 116 valence electrons. The average molecular weight is 292 g/mol. The molecule has 1 aromatic rings. The summed E-state index contributed by atoms with van der Waals surface area (Å²) >= 11 is 0. The molecule has 0 aliphatic carbocycles. The molecule has 1 N–H and O–H groups in total. The van der Waals surface area contributed by atoms with E-state index in [9.17, 15) is 9.90 Å². The van der Waals surface area contributed by atoms with Gasteiger partial charge >= 0.3 is 5.97 Å². The van der Waals surface area contributed by atoms with Crippen LogP contribution < -0.4 is 0 Å². The van der Waals surface area contributed by atoms with Crippen molar-refractivity contribution in [3.05, 3.63) is 41.3 Å². The van der Waals surface area contributed by atoms with Crippen LogP contribution in [0.5, 0.6) is 5.75 Å². The highest BCUT2D eigenvalue weighted by Gasteiger charge is 2.20. The lowest BCUT2D eigenvalue weighted by atomic mass is 9.84. The van der Waals surface area contributed by atoms with Crippen LogP contribution in [0, 0.1) is 6.92 Å². The van der Waals surface area contributed by atoms with E-state index >= 15 is 0 Å². The Labute approximate surface area is 126 Å². The largest absolute Gasteiger partial charge is 0.507 e. The van der Waals surface area contributed by atoms with E-state index in [1.54, 1.807) is 6.07 Å². The van der Waals surface area contributed by atoms with Gasteiger partial charge in [-0.1, -0.05) is 32.9 Å². The van der Waals surface area contributed by atoms with Crippen LogP contribution in [0.15, 0.2) is 24.7 Å². The molecule has 21 heavy (non-hydrogen) atoms. The number of hydrogen-bond donors (Lipinski definition) is 1. The Morgan fingerprint density at radius 1 is 1.29 bits per heavy atom. The fraction of sp³-hybridized carbons (Fsp3) is 0.471. The maximum absolute atomic E-state index is 11.7. The number of carbonyl (C=O) groups excluding carboxylic acids is 1. The van der Waals surface area contributed by atoms with Crippen LogP contribution in [0.1, 0.15) is 44.4 Å². The number of phenolic OH excluding ortho intramolecular Hbond substituents is 1. The minimum atomic E-state index is -0.365. The van der Waals surface area contributed by atoms with Crippen molar-refractivity contribution in [3.8, 4) is 5.75 Å². The molecule has 0 amide bonds. The molecular weight excluding hydrogens is 268 g/mol. The second-order valence-corrected chi connectivity index (χ2v) is 5.95. The summed E-state index contributed by atoms with van der Waals surface area (Å²) in [7, 11) is 0. The van der Waals surface area contributed by atoms with E-state index in [1.165, 1.54) is 12.5 Å². The molecule has 0 aliphatic rings. The van der Waals surface area contributed by atoms with E-state index in [0.29, 0.717) is 6.61 Å². The number of benzene rings is 1. The van der Waals surface area contributed by atoms with Gasteiger partial charge in [-0.3, -0.25) is 4.79 Å². The second kappa shape index (κ2) is 7.16. The molecule has 0 aromatic heterocycles. The van der Waals surface area contributed by atoms with Crippen LogP contribution in [0.3, 0.4) is 0 Å². The van der Waals surface area contributed by atoms with Crippen LogP contribution in [0.4, 0.5) is 0 Å². The van der Waals surface area contributed by atoms with Crippen molar-refractivity contribution in [2.75, 3.05) is 6.61 Å². The lowest BCUT2D eigenvalue weighted by molar-refractivity contribution is -0.137. The minimum Gasteiger partial charge on any atom is -0.507 e. The monoisotopic (exact) mass is 292 g/mol. The summed E-state index contributed by atoms with van der Waals surface area (Å²) in [5.41, 5.74) is 2.22. The molecule has 0 saturated heterocycles.